The second-order valence-electron chi connectivity index (χ2n) is 7.04. The molecule has 0 aromatic heterocycles. The van der Waals surface area contributed by atoms with Gasteiger partial charge in [0, 0.05) is 19.5 Å². The first-order valence-corrected chi connectivity index (χ1v) is 9.09. The summed E-state index contributed by atoms with van der Waals surface area (Å²) in [5.41, 5.74) is 10.5. The van der Waals surface area contributed by atoms with E-state index in [4.69, 9.17) is 0 Å². The Labute approximate surface area is 139 Å². The standard InChI is InChI=1S/C19H29N3O/c1-14(17-10-9-16-6-2-3-7-18(16)11-17)22-19(23)8-4-5-15-12-20-21-13-15/h9-11,14-15,20-21H,2-8,12-13H2,1H3,(H,22,23). The first kappa shape index (κ1) is 16.5. The molecule has 1 aliphatic heterocycles. The number of hydrazine groups is 1. The zero-order chi connectivity index (χ0) is 16.1. The van der Waals surface area contributed by atoms with Crippen molar-refractivity contribution in [3.63, 3.8) is 0 Å². The quantitative estimate of drug-likeness (QED) is 0.756. The van der Waals surface area contributed by atoms with Crippen LogP contribution in [0.1, 0.15) is 61.8 Å². The van der Waals surface area contributed by atoms with E-state index < -0.39 is 0 Å². The fraction of sp³-hybridized carbons (Fsp3) is 0.632. The Balaban J connectivity index is 1.46. The van der Waals surface area contributed by atoms with E-state index in [1.807, 2.05) is 0 Å². The average molecular weight is 315 g/mol. The fourth-order valence-electron chi connectivity index (χ4n) is 3.68. The molecule has 1 heterocycles. The molecule has 0 radical (unpaired) electrons. The van der Waals surface area contributed by atoms with Crippen molar-refractivity contribution in [2.24, 2.45) is 5.92 Å². The van der Waals surface area contributed by atoms with E-state index in [0.717, 1.165) is 25.9 Å². The topological polar surface area (TPSA) is 53.2 Å². The number of amides is 1. The molecule has 1 aromatic rings. The van der Waals surface area contributed by atoms with Crippen molar-refractivity contribution in [1.82, 2.24) is 16.2 Å². The van der Waals surface area contributed by atoms with Crippen molar-refractivity contribution in [2.45, 2.75) is 57.9 Å². The van der Waals surface area contributed by atoms with Crippen molar-refractivity contribution < 1.29 is 4.79 Å². The van der Waals surface area contributed by atoms with Crippen LogP contribution >= 0.6 is 0 Å². The van der Waals surface area contributed by atoms with E-state index in [2.05, 4.69) is 41.3 Å². The lowest BCUT2D eigenvalue weighted by Crippen LogP contribution is -2.26. The lowest BCUT2D eigenvalue weighted by atomic mass is 9.89. The maximum Gasteiger partial charge on any atom is 0.220 e. The van der Waals surface area contributed by atoms with E-state index >= 15 is 0 Å². The monoisotopic (exact) mass is 315 g/mol. The third-order valence-electron chi connectivity index (χ3n) is 5.17. The molecule has 1 atom stereocenters. The second kappa shape index (κ2) is 7.93. The predicted octanol–water partition coefficient (Wildman–Crippen LogP) is 2.64. The highest BCUT2D eigenvalue weighted by Crippen LogP contribution is 2.24. The first-order chi connectivity index (χ1) is 11.2. The van der Waals surface area contributed by atoms with Gasteiger partial charge >= 0.3 is 0 Å². The molecule has 0 bridgehead atoms. The highest BCUT2D eigenvalue weighted by atomic mass is 16.1. The summed E-state index contributed by atoms with van der Waals surface area (Å²) >= 11 is 0. The van der Waals surface area contributed by atoms with E-state index in [1.54, 1.807) is 0 Å². The zero-order valence-corrected chi connectivity index (χ0v) is 14.2. The lowest BCUT2D eigenvalue weighted by Gasteiger charge is -2.20. The molecular weight excluding hydrogens is 286 g/mol. The predicted molar refractivity (Wildman–Crippen MR) is 93.0 cm³/mol. The van der Waals surface area contributed by atoms with Crippen LogP contribution in [0.4, 0.5) is 0 Å². The summed E-state index contributed by atoms with van der Waals surface area (Å²) in [5.74, 6) is 0.843. The molecule has 23 heavy (non-hydrogen) atoms. The van der Waals surface area contributed by atoms with E-state index in [9.17, 15) is 4.79 Å². The minimum atomic E-state index is 0.101. The lowest BCUT2D eigenvalue weighted by molar-refractivity contribution is -0.121. The fourth-order valence-corrected chi connectivity index (χ4v) is 3.68. The molecule has 2 aliphatic rings. The van der Waals surface area contributed by atoms with Gasteiger partial charge in [-0.25, -0.2) is 0 Å². The average Bonchev–Trinajstić information content (AvgIpc) is 3.07. The second-order valence-corrected chi connectivity index (χ2v) is 7.04. The Morgan fingerprint density at radius 3 is 2.74 bits per heavy atom. The van der Waals surface area contributed by atoms with E-state index in [0.29, 0.717) is 12.3 Å². The molecule has 1 unspecified atom stereocenters. The van der Waals surface area contributed by atoms with Gasteiger partial charge < -0.3 is 5.32 Å². The number of carbonyl (C=O) groups is 1. The minimum Gasteiger partial charge on any atom is -0.350 e. The maximum absolute atomic E-state index is 12.1. The largest absolute Gasteiger partial charge is 0.350 e. The third kappa shape index (κ3) is 4.55. The molecular formula is C19H29N3O. The van der Waals surface area contributed by atoms with Gasteiger partial charge in [-0.15, -0.1) is 0 Å². The molecule has 0 saturated carbocycles. The Morgan fingerprint density at radius 2 is 1.96 bits per heavy atom. The molecule has 3 N–H and O–H groups in total. The number of rotatable bonds is 6. The van der Waals surface area contributed by atoms with Crippen LogP contribution in [0.3, 0.4) is 0 Å². The molecule has 4 heteroatoms. The summed E-state index contributed by atoms with van der Waals surface area (Å²) < 4.78 is 0. The van der Waals surface area contributed by atoms with E-state index in [-0.39, 0.29) is 11.9 Å². The van der Waals surface area contributed by atoms with Crippen LogP contribution in [0, 0.1) is 5.92 Å². The van der Waals surface area contributed by atoms with Crippen molar-refractivity contribution in [3.05, 3.63) is 34.9 Å². The van der Waals surface area contributed by atoms with Crippen LogP contribution in [0.25, 0.3) is 0 Å². The molecule has 0 spiro atoms. The normalized spacial score (nSPS) is 19.3. The number of hydrogen-bond donors (Lipinski definition) is 3. The Morgan fingerprint density at radius 1 is 1.22 bits per heavy atom. The number of carbonyl (C=O) groups excluding carboxylic acids is 1. The minimum absolute atomic E-state index is 0.101. The smallest absolute Gasteiger partial charge is 0.220 e. The van der Waals surface area contributed by atoms with Gasteiger partial charge in [0.2, 0.25) is 5.91 Å². The number of aryl methyl sites for hydroxylation is 2. The maximum atomic E-state index is 12.1. The summed E-state index contributed by atoms with van der Waals surface area (Å²) in [5, 5.41) is 3.16. The Hall–Kier alpha value is -1.39. The molecule has 3 rings (SSSR count). The van der Waals surface area contributed by atoms with Crippen LogP contribution in [-0.4, -0.2) is 19.0 Å². The van der Waals surface area contributed by atoms with Crippen LogP contribution in [0.5, 0.6) is 0 Å². The van der Waals surface area contributed by atoms with Crippen molar-refractivity contribution in [3.8, 4) is 0 Å². The summed E-state index contributed by atoms with van der Waals surface area (Å²) in [6, 6.07) is 6.84. The van der Waals surface area contributed by atoms with Crippen molar-refractivity contribution in [1.29, 1.82) is 0 Å². The molecule has 1 aliphatic carbocycles. The van der Waals surface area contributed by atoms with Crippen molar-refractivity contribution in [2.75, 3.05) is 13.1 Å². The highest BCUT2D eigenvalue weighted by molar-refractivity contribution is 5.76. The Bertz CT molecular complexity index is 537. The number of benzene rings is 1. The van der Waals surface area contributed by atoms with Gasteiger partial charge in [0.1, 0.15) is 0 Å². The van der Waals surface area contributed by atoms with Gasteiger partial charge in [-0.2, -0.15) is 0 Å². The Kier molecular flexibility index (Phi) is 5.68. The molecule has 4 nitrogen and oxygen atoms in total. The summed E-state index contributed by atoms with van der Waals surface area (Å²) in [4.78, 5) is 12.1. The van der Waals surface area contributed by atoms with Crippen LogP contribution in [-0.2, 0) is 17.6 Å². The summed E-state index contributed by atoms with van der Waals surface area (Å²) in [6.45, 7) is 4.13. The summed E-state index contributed by atoms with van der Waals surface area (Å²) in [6.07, 6.45) is 7.71. The van der Waals surface area contributed by atoms with Gasteiger partial charge in [0.15, 0.2) is 0 Å². The highest BCUT2D eigenvalue weighted by Gasteiger charge is 2.16. The summed E-state index contributed by atoms with van der Waals surface area (Å²) in [7, 11) is 0. The number of nitrogens with one attached hydrogen (secondary N) is 3. The molecule has 1 fully saturated rings. The van der Waals surface area contributed by atoms with Gasteiger partial charge in [0.25, 0.3) is 0 Å². The van der Waals surface area contributed by atoms with E-state index in [1.165, 1.54) is 42.4 Å². The first-order valence-electron chi connectivity index (χ1n) is 9.09. The van der Waals surface area contributed by atoms with Gasteiger partial charge in [0.05, 0.1) is 6.04 Å². The van der Waals surface area contributed by atoms with Gasteiger partial charge in [-0.3, -0.25) is 15.6 Å². The van der Waals surface area contributed by atoms with Crippen molar-refractivity contribution >= 4 is 5.91 Å². The van der Waals surface area contributed by atoms with Crippen LogP contribution in [0.15, 0.2) is 18.2 Å². The van der Waals surface area contributed by atoms with Gasteiger partial charge in [-0.05, 0) is 68.1 Å². The van der Waals surface area contributed by atoms with Crippen LogP contribution in [0.2, 0.25) is 0 Å². The van der Waals surface area contributed by atoms with Crippen LogP contribution < -0.4 is 16.2 Å². The SMILES string of the molecule is CC(NC(=O)CCCC1CNNC1)c1ccc2c(c1)CCCC2. The molecule has 126 valence electrons. The molecule has 1 aromatic carbocycles. The number of hydrogen-bond acceptors (Lipinski definition) is 3. The third-order valence-corrected chi connectivity index (χ3v) is 5.17. The molecule has 1 saturated heterocycles. The molecule has 1 amide bonds. The zero-order valence-electron chi connectivity index (χ0n) is 14.2. The van der Waals surface area contributed by atoms with Gasteiger partial charge in [-0.1, -0.05) is 18.2 Å². The number of fused-ring (bicyclic) bond motifs is 1.